The van der Waals surface area contributed by atoms with Crippen molar-refractivity contribution in [2.24, 2.45) is 0 Å². The van der Waals surface area contributed by atoms with Crippen LogP contribution >= 0.6 is 0 Å². The first-order valence-electron chi connectivity index (χ1n) is 9.33. The molecule has 1 amide bonds. The van der Waals surface area contributed by atoms with Crippen LogP contribution in [0, 0.1) is 6.92 Å². The zero-order chi connectivity index (χ0) is 19.3. The van der Waals surface area contributed by atoms with E-state index in [1.165, 1.54) is 0 Å². The zero-order valence-corrected chi connectivity index (χ0v) is 15.6. The van der Waals surface area contributed by atoms with Gasteiger partial charge in [-0.05, 0) is 62.2 Å². The minimum atomic E-state index is -0.169. The number of nitrogens with one attached hydrogen (secondary N) is 2. The second kappa shape index (κ2) is 8.22. The van der Waals surface area contributed by atoms with Crippen molar-refractivity contribution in [1.29, 1.82) is 0 Å². The van der Waals surface area contributed by atoms with E-state index in [-0.39, 0.29) is 12.0 Å². The molecule has 28 heavy (non-hydrogen) atoms. The molecule has 7 nitrogen and oxygen atoms in total. The summed E-state index contributed by atoms with van der Waals surface area (Å²) in [5.74, 6) is 1.99. The summed E-state index contributed by atoms with van der Waals surface area (Å²) >= 11 is 0. The van der Waals surface area contributed by atoms with Crippen molar-refractivity contribution in [3.63, 3.8) is 0 Å². The number of hydrogen-bond acceptors (Lipinski definition) is 6. The number of carbonyl (C=O) groups excluding carboxylic acids is 1. The third kappa shape index (κ3) is 4.37. The van der Waals surface area contributed by atoms with Crippen LogP contribution in [0.15, 0.2) is 52.9 Å². The predicted octanol–water partition coefficient (Wildman–Crippen LogP) is 3.90. The van der Waals surface area contributed by atoms with Gasteiger partial charge in [-0.1, -0.05) is 6.07 Å². The lowest BCUT2D eigenvalue weighted by Crippen LogP contribution is -2.22. The van der Waals surface area contributed by atoms with Crippen LogP contribution < -0.4 is 10.6 Å². The monoisotopic (exact) mass is 378 g/mol. The van der Waals surface area contributed by atoms with Crippen LogP contribution in [0.1, 0.15) is 46.5 Å². The molecule has 1 aromatic carbocycles. The summed E-state index contributed by atoms with van der Waals surface area (Å²) in [6, 6.07) is 14.8. The average molecular weight is 378 g/mol. The summed E-state index contributed by atoms with van der Waals surface area (Å²) in [7, 11) is 0. The molecule has 2 N–H and O–H groups in total. The maximum absolute atomic E-state index is 12.4. The summed E-state index contributed by atoms with van der Waals surface area (Å²) in [5, 5.41) is 14.5. The maximum Gasteiger partial charge on any atom is 0.251 e. The van der Waals surface area contributed by atoms with Crippen molar-refractivity contribution >= 4 is 17.4 Å². The van der Waals surface area contributed by atoms with Gasteiger partial charge in [0.05, 0.1) is 12.2 Å². The van der Waals surface area contributed by atoms with E-state index < -0.39 is 0 Å². The summed E-state index contributed by atoms with van der Waals surface area (Å²) in [6.45, 7) is 3.00. The number of nitrogens with zero attached hydrogens (tertiary/aromatic N) is 2. The Hall–Kier alpha value is -3.19. The Labute approximate surface area is 163 Å². The van der Waals surface area contributed by atoms with Gasteiger partial charge >= 0.3 is 0 Å². The Morgan fingerprint density at radius 1 is 1.18 bits per heavy atom. The number of hydrogen-bond donors (Lipinski definition) is 2. The van der Waals surface area contributed by atoms with Gasteiger partial charge in [-0.3, -0.25) is 4.79 Å². The smallest absolute Gasteiger partial charge is 0.251 e. The van der Waals surface area contributed by atoms with Crippen LogP contribution in [0.3, 0.4) is 0 Å². The zero-order valence-electron chi connectivity index (χ0n) is 15.6. The molecule has 0 aliphatic carbocycles. The highest BCUT2D eigenvalue weighted by molar-refractivity contribution is 5.95. The largest absolute Gasteiger partial charge is 0.465 e. The first-order valence-corrected chi connectivity index (χ1v) is 9.33. The van der Waals surface area contributed by atoms with E-state index in [0.29, 0.717) is 17.9 Å². The fraction of sp³-hybridized carbons (Fsp3) is 0.286. The lowest BCUT2D eigenvalue weighted by atomic mass is 10.1. The normalized spacial score (nSPS) is 16.1. The molecule has 144 valence electrons. The Kier molecular flexibility index (Phi) is 5.34. The van der Waals surface area contributed by atoms with Gasteiger partial charge in [0.1, 0.15) is 17.6 Å². The fourth-order valence-corrected chi connectivity index (χ4v) is 3.13. The van der Waals surface area contributed by atoms with Crippen molar-refractivity contribution in [2.75, 3.05) is 11.9 Å². The molecule has 3 aromatic rings. The summed E-state index contributed by atoms with van der Waals surface area (Å²) < 4.78 is 11.1. The van der Waals surface area contributed by atoms with E-state index >= 15 is 0 Å². The minimum Gasteiger partial charge on any atom is -0.465 e. The first-order chi connectivity index (χ1) is 13.7. The van der Waals surface area contributed by atoms with Crippen LogP contribution in [-0.4, -0.2) is 22.7 Å². The Morgan fingerprint density at radius 3 is 2.82 bits per heavy atom. The number of amides is 1. The van der Waals surface area contributed by atoms with Gasteiger partial charge in [0.2, 0.25) is 0 Å². The molecule has 1 atom stereocenters. The molecule has 0 spiro atoms. The van der Waals surface area contributed by atoms with Crippen LogP contribution in [0.2, 0.25) is 0 Å². The first kappa shape index (κ1) is 18.2. The fourth-order valence-electron chi connectivity index (χ4n) is 3.13. The molecule has 7 heteroatoms. The molecular formula is C21H22N4O3. The molecule has 1 aliphatic rings. The number of anilines is 2. The average Bonchev–Trinajstić information content (AvgIpc) is 3.39. The van der Waals surface area contributed by atoms with Gasteiger partial charge in [0, 0.05) is 17.9 Å². The van der Waals surface area contributed by atoms with E-state index in [1.54, 1.807) is 12.1 Å². The predicted molar refractivity (Wildman–Crippen MR) is 104 cm³/mol. The van der Waals surface area contributed by atoms with Crippen molar-refractivity contribution in [3.05, 3.63) is 71.3 Å². The van der Waals surface area contributed by atoms with Gasteiger partial charge in [-0.2, -0.15) is 5.10 Å². The molecular weight excluding hydrogens is 356 g/mol. The van der Waals surface area contributed by atoms with E-state index in [4.69, 9.17) is 9.15 Å². The Bertz CT molecular complexity index is 946. The van der Waals surface area contributed by atoms with Crippen LogP contribution in [-0.2, 0) is 11.3 Å². The molecule has 3 heterocycles. The molecule has 1 unspecified atom stereocenters. The number of rotatable bonds is 6. The molecule has 4 rings (SSSR count). The molecule has 0 bridgehead atoms. The van der Waals surface area contributed by atoms with Crippen molar-refractivity contribution in [1.82, 2.24) is 15.5 Å². The van der Waals surface area contributed by atoms with Crippen LogP contribution in [0.25, 0.3) is 0 Å². The van der Waals surface area contributed by atoms with Gasteiger partial charge in [-0.15, -0.1) is 5.10 Å². The van der Waals surface area contributed by atoms with Gasteiger partial charge < -0.3 is 19.8 Å². The number of furan rings is 1. The second-order valence-corrected chi connectivity index (χ2v) is 6.75. The number of ether oxygens (including phenoxy) is 1. The van der Waals surface area contributed by atoms with Crippen LogP contribution in [0.4, 0.5) is 11.5 Å². The molecule has 2 aromatic heterocycles. The highest BCUT2D eigenvalue weighted by atomic mass is 16.5. The molecule has 1 saturated heterocycles. The summed E-state index contributed by atoms with van der Waals surface area (Å²) in [6.07, 6.45) is 2.09. The Morgan fingerprint density at radius 2 is 2.11 bits per heavy atom. The van der Waals surface area contributed by atoms with Crippen molar-refractivity contribution in [2.45, 2.75) is 32.4 Å². The SMILES string of the molecule is Cc1ccc(CNC(=O)c2cccc(Nc3ccc(C4CCCO4)nn3)c2)o1. The lowest BCUT2D eigenvalue weighted by Gasteiger charge is -2.10. The summed E-state index contributed by atoms with van der Waals surface area (Å²) in [5.41, 5.74) is 2.17. The number of benzene rings is 1. The molecule has 0 radical (unpaired) electrons. The van der Waals surface area contributed by atoms with Crippen LogP contribution in [0.5, 0.6) is 0 Å². The second-order valence-electron chi connectivity index (χ2n) is 6.75. The van der Waals surface area contributed by atoms with Gasteiger partial charge in [0.25, 0.3) is 5.91 Å². The van der Waals surface area contributed by atoms with Crippen molar-refractivity contribution in [3.8, 4) is 0 Å². The molecule has 1 fully saturated rings. The third-order valence-corrected chi connectivity index (χ3v) is 4.56. The Balaban J connectivity index is 1.38. The van der Waals surface area contributed by atoms with E-state index in [0.717, 1.165) is 42.4 Å². The van der Waals surface area contributed by atoms with Gasteiger partial charge in [-0.25, -0.2) is 0 Å². The summed E-state index contributed by atoms with van der Waals surface area (Å²) in [4.78, 5) is 12.4. The van der Waals surface area contributed by atoms with E-state index in [2.05, 4.69) is 20.8 Å². The minimum absolute atomic E-state index is 0.0477. The number of aryl methyl sites for hydroxylation is 1. The quantitative estimate of drug-likeness (QED) is 0.676. The van der Waals surface area contributed by atoms with E-state index in [9.17, 15) is 4.79 Å². The maximum atomic E-state index is 12.4. The third-order valence-electron chi connectivity index (χ3n) is 4.56. The number of carbonyl (C=O) groups is 1. The van der Waals surface area contributed by atoms with Gasteiger partial charge in [0.15, 0.2) is 5.82 Å². The number of aromatic nitrogens is 2. The lowest BCUT2D eigenvalue weighted by molar-refractivity contribution is 0.0948. The topological polar surface area (TPSA) is 89.3 Å². The standard InChI is InChI=1S/C21H22N4O3/c1-14-7-8-17(28-14)13-22-21(26)15-4-2-5-16(12-15)23-20-10-9-18(24-25-20)19-6-3-11-27-19/h2,4-5,7-10,12,19H,3,6,11,13H2,1H3,(H,22,26)(H,23,25). The molecule has 0 saturated carbocycles. The highest BCUT2D eigenvalue weighted by Crippen LogP contribution is 2.27. The highest BCUT2D eigenvalue weighted by Gasteiger charge is 2.19. The van der Waals surface area contributed by atoms with Crippen molar-refractivity contribution < 1.29 is 13.9 Å². The molecule has 1 aliphatic heterocycles. The van der Waals surface area contributed by atoms with E-state index in [1.807, 2.05) is 43.3 Å².